The van der Waals surface area contributed by atoms with Gasteiger partial charge in [-0.15, -0.1) is 0 Å². The summed E-state index contributed by atoms with van der Waals surface area (Å²) in [5.74, 6) is 0.556. The van der Waals surface area contributed by atoms with Gasteiger partial charge in [-0.3, -0.25) is 4.72 Å². The van der Waals surface area contributed by atoms with E-state index in [1.165, 1.54) is 47.8 Å². The van der Waals surface area contributed by atoms with Gasteiger partial charge in [-0.1, -0.05) is 6.42 Å². The first kappa shape index (κ1) is 20.6. The standard InChI is InChI=1S/C19H24N2O5S2/c1-15-5-3-4-14-21(15)28(24,25)19-10-6-16(7-11-19)20-27(22,23)18-12-8-17(26-2)9-13-18/h6-13,15,20H,3-5,14H2,1-2H3. The van der Waals surface area contributed by atoms with Crippen LogP contribution in [0.25, 0.3) is 0 Å². The molecule has 1 fully saturated rings. The molecule has 2 aromatic carbocycles. The molecule has 0 aromatic heterocycles. The molecule has 1 unspecified atom stereocenters. The van der Waals surface area contributed by atoms with Gasteiger partial charge in [0.05, 0.1) is 16.9 Å². The molecule has 0 saturated carbocycles. The fraction of sp³-hybridized carbons (Fsp3) is 0.368. The molecule has 1 N–H and O–H groups in total. The van der Waals surface area contributed by atoms with Crippen LogP contribution < -0.4 is 9.46 Å². The Morgan fingerprint density at radius 2 is 1.54 bits per heavy atom. The molecular formula is C19H24N2O5S2. The van der Waals surface area contributed by atoms with E-state index in [9.17, 15) is 16.8 Å². The van der Waals surface area contributed by atoms with Crippen LogP contribution in [0.4, 0.5) is 5.69 Å². The third kappa shape index (κ3) is 4.31. The van der Waals surface area contributed by atoms with Gasteiger partial charge in [-0.05, 0) is 68.3 Å². The van der Waals surface area contributed by atoms with Crippen molar-refractivity contribution in [2.75, 3.05) is 18.4 Å². The average molecular weight is 425 g/mol. The normalized spacial score (nSPS) is 18.6. The highest BCUT2D eigenvalue weighted by molar-refractivity contribution is 7.92. The summed E-state index contributed by atoms with van der Waals surface area (Å²) in [5, 5.41) is 0. The minimum Gasteiger partial charge on any atom is -0.497 e. The molecule has 1 saturated heterocycles. The highest BCUT2D eigenvalue weighted by atomic mass is 32.2. The van der Waals surface area contributed by atoms with Crippen LogP contribution in [-0.2, 0) is 20.0 Å². The van der Waals surface area contributed by atoms with Crippen molar-refractivity contribution in [1.29, 1.82) is 0 Å². The Bertz CT molecular complexity index is 1020. The van der Waals surface area contributed by atoms with Gasteiger partial charge in [0.1, 0.15) is 5.75 Å². The van der Waals surface area contributed by atoms with E-state index in [1.54, 1.807) is 12.1 Å². The predicted molar refractivity (Wildman–Crippen MR) is 107 cm³/mol. The van der Waals surface area contributed by atoms with Gasteiger partial charge < -0.3 is 4.74 Å². The number of anilines is 1. The number of hydrogen-bond acceptors (Lipinski definition) is 5. The van der Waals surface area contributed by atoms with Crippen LogP contribution >= 0.6 is 0 Å². The number of ether oxygens (including phenoxy) is 1. The van der Waals surface area contributed by atoms with Gasteiger partial charge >= 0.3 is 0 Å². The van der Waals surface area contributed by atoms with Gasteiger partial charge in [-0.25, -0.2) is 16.8 Å². The molecule has 9 heteroatoms. The Morgan fingerprint density at radius 3 is 2.11 bits per heavy atom. The van der Waals surface area contributed by atoms with Crippen molar-refractivity contribution in [2.45, 2.75) is 42.0 Å². The van der Waals surface area contributed by atoms with E-state index in [0.717, 1.165) is 19.3 Å². The van der Waals surface area contributed by atoms with E-state index in [-0.39, 0.29) is 15.8 Å². The Hall–Kier alpha value is -2.10. The molecule has 2 aromatic rings. The summed E-state index contributed by atoms with van der Waals surface area (Å²) in [6, 6.07) is 11.8. The molecule has 0 spiro atoms. The zero-order valence-corrected chi connectivity index (χ0v) is 17.5. The van der Waals surface area contributed by atoms with Crippen molar-refractivity contribution in [2.24, 2.45) is 0 Å². The summed E-state index contributed by atoms with van der Waals surface area (Å²) in [5.41, 5.74) is 0.293. The topological polar surface area (TPSA) is 92.8 Å². The largest absolute Gasteiger partial charge is 0.497 e. The SMILES string of the molecule is COc1ccc(S(=O)(=O)Nc2ccc(S(=O)(=O)N3CCCCC3C)cc2)cc1. The van der Waals surface area contributed by atoms with Crippen molar-refractivity contribution in [3.63, 3.8) is 0 Å². The number of benzene rings is 2. The predicted octanol–water partition coefficient (Wildman–Crippen LogP) is 3.06. The molecule has 7 nitrogen and oxygen atoms in total. The van der Waals surface area contributed by atoms with Crippen molar-refractivity contribution >= 4 is 25.7 Å². The van der Waals surface area contributed by atoms with E-state index in [2.05, 4.69) is 4.72 Å². The second kappa shape index (κ2) is 8.10. The number of sulfonamides is 2. The Morgan fingerprint density at radius 1 is 0.929 bits per heavy atom. The number of piperidine rings is 1. The molecule has 0 aliphatic carbocycles. The second-order valence-corrected chi connectivity index (χ2v) is 10.3. The third-order valence-electron chi connectivity index (χ3n) is 4.82. The van der Waals surface area contributed by atoms with Crippen LogP contribution in [0.5, 0.6) is 5.75 Å². The minimum absolute atomic E-state index is 0.0352. The smallest absolute Gasteiger partial charge is 0.261 e. The molecule has 0 amide bonds. The van der Waals surface area contributed by atoms with E-state index in [1.807, 2.05) is 6.92 Å². The maximum absolute atomic E-state index is 12.9. The Labute approximate surface area is 166 Å². The lowest BCUT2D eigenvalue weighted by Gasteiger charge is -2.32. The molecule has 152 valence electrons. The van der Waals surface area contributed by atoms with E-state index < -0.39 is 20.0 Å². The molecule has 1 aliphatic heterocycles. The lowest BCUT2D eigenvalue weighted by Crippen LogP contribution is -2.41. The quantitative estimate of drug-likeness (QED) is 0.769. The lowest BCUT2D eigenvalue weighted by atomic mass is 10.1. The van der Waals surface area contributed by atoms with Crippen LogP contribution in [-0.4, -0.2) is 40.8 Å². The summed E-state index contributed by atoms with van der Waals surface area (Å²) in [7, 11) is -5.87. The third-order valence-corrected chi connectivity index (χ3v) is 8.25. The van der Waals surface area contributed by atoms with E-state index in [0.29, 0.717) is 18.0 Å². The highest BCUT2D eigenvalue weighted by Gasteiger charge is 2.30. The van der Waals surface area contributed by atoms with E-state index in [4.69, 9.17) is 4.74 Å². The number of rotatable bonds is 6. The first-order valence-corrected chi connectivity index (χ1v) is 11.9. The maximum Gasteiger partial charge on any atom is 0.261 e. The van der Waals surface area contributed by atoms with Gasteiger partial charge in [0.25, 0.3) is 10.0 Å². The number of hydrogen-bond donors (Lipinski definition) is 1. The summed E-state index contributed by atoms with van der Waals surface area (Å²) in [4.78, 5) is 0.251. The summed E-state index contributed by atoms with van der Waals surface area (Å²) in [6.45, 7) is 2.42. The molecule has 0 radical (unpaired) electrons. The fourth-order valence-corrected chi connectivity index (χ4v) is 5.99. The zero-order chi connectivity index (χ0) is 20.4. The first-order valence-electron chi connectivity index (χ1n) is 9.03. The van der Waals surface area contributed by atoms with Crippen molar-refractivity contribution in [3.8, 4) is 5.75 Å². The summed E-state index contributed by atoms with van der Waals surface area (Å²) < 4.78 is 59.7. The number of nitrogens with one attached hydrogen (secondary N) is 1. The van der Waals surface area contributed by atoms with Gasteiger partial charge in [-0.2, -0.15) is 4.31 Å². The maximum atomic E-state index is 12.9. The van der Waals surface area contributed by atoms with Crippen LogP contribution in [0.3, 0.4) is 0 Å². The average Bonchev–Trinajstić information content (AvgIpc) is 2.68. The highest BCUT2D eigenvalue weighted by Crippen LogP contribution is 2.26. The van der Waals surface area contributed by atoms with Gasteiger partial charge in [0.2, 0.25) is 10.0 Å². The Balaban J connectivity index is 1.78. The minimum atomic E-state index is -3.78. The van der Waals surface area contributed by atoms with Gasteiger partial charge in [0.15, 0.2) is 0 Å². The van der Waals surface area contributed by atoms with Crippen LogP contribution in [0.2, 0.25) is 0 Å². The molecular weight excluding hydrogens is 400 g/mol. The molecule has 1 atom stereocenters. The van der Waals surface area contributed by atoms with Crippen molar-refractivity contribution < 1.29 is 21.6 Å². The van der Waals surface area contributed by atoms with Crippen molar-refractivity contribution in [1.82, 2.24) is 4.31 Å². The molecule has 3 rings (SSSR count). The van der Waals surface area contributed by atoms with Gasteiger partial charge in [0, 0.05) is 18.3 Å². The molecule has 1 aliphatic rings. The van der Waals surface area contributed by atoms with Crippen LogP contribution in [0, 0.1) is 0 Å². The van der Waals surface area contributed by atoms with Crippen molar-refractivity contribution in [3.05, 3.63) is 48.5 Å². The monoisotopic (exact) mass is 424 g/mol. The van der Waals surface area contributed by atoms with Crippen LogP contribution in [0.1, 0.15) is 26.2 Å². The summed E-state index contributed by atoms with van der Waals surface area (Å²) >= 11 is 0. The second-order valence-electron chi connectivity index (χ2n) is 6.77. The number of nitrogens with zero attached hydrogens (tertiary/aromatic N) is 1. The molecule has 28 heavy (non-hydrogen) atoms. The first-order chi connectivity index (χ1) is 13.2. The van der Waals surface area contributed by atoms with Crippen LogP contribution in [0.15, 0.2) is 58.3 Å². The van der Waals surface area contributed by atoms with E-state index >= 15 is 0 Å². The lowest BCUT2D eigenvalue weighted by molar-refractivity contribution is 0.268. The molecule has 0 bridgehead atoms. The number of methoxy groups -OCH3 is 1. The zero-order valence-electron chi connectivity index (χ0n) is 15.8. The Kier molecular flexibility index (Phi) is 5.97. The molecule has 1 heterocycles. The fourth-order valence-electron chi connectivity index (χ4n) is 3.23. The summed E-state index contributed by atoms with van der Waals surface area (Å²) in [6.07, 6.45) is 2.72.